The van der Waals surface area contributed by atoms with E-state index < -0.39 is 18.4 Å². The molecule has 7 heteroatoms. The third-order valence-corrected chi connectivity index (χ3v) is 2.69. The first kappa shape index (κ1) is 16.2. The van der Waals surface area contributed by atoms with E-state index in [1.807, 2.05) is 0 Å². The van der Waals surface area contributed by atoms with Gasteiger partial charge in [0.25, 0.3) is 0 Å². The second kappa shape index (κ2) is 7.64. The van der Waals surface area contributed by atoms with Gasteiger partial charge in [0.05, 0.1) is 12.5 Å². The van der Waals surface area contributed by atoms with Crippen LogP contribution < -0.4 is 20.9 Å². The van der Waals surface area contributed by atoms with Crippen molar-refractivity contribution in [3.63, 3.8) is 0 Å². The molecule has 112 valence electrons. The minimum Gasteiger partial charge on any atom is -0.490 e. The Morgan fingerprint density at radius 2 is 2.05 bits per heavy atom. The largest absolute Gasteiger partial charge is 0.490 e. The van der Waals surface area contributed by atoms with Gasteiger partial charge in [0.2, 0.25) is 5.91 Å². The summed E-state index contributed by atoms with van der Waals surface area (Å²) in [4.78, 5) is 11.1. The first-order valence-electron chi connectivity index (χ1n) is 6.17. The molecule has 0 radical (unpaired) electrons. The van der Waals surface area contributed by atoms with E-state index >= 15 is 0 Å². The van der Waals surface area contributed by atoms with Gasteiger partial charge < -0.3 is 20.9 Å². The van der Waals surface area contributed by atoms with E-state index in [4.69, 9.17) is 16.2 Å². The Hall–Kier alpha value is -1.89. The van der Waals surface area contributed by atoms with Crippen LogP contribution in [0.2, 0.25) is 0 Å². The van der Waals surface area contributed by atoms with Crippen LogP contribution in [-0.4, -0.2) is 25.7 Å². The molecule has 1 aromatic rings. The molecular weight excluding hydrogens is 270 g/mol. The quantitative estimate of drug-likeness (QED) is 0.754. The molecule has 0 spiro atoms. The van der Waals surface area contributed by atoms with Crippen molar-refractivity contribution >= 4 is 5.91 Å². The Kier molecular flexibility index (Phi) is 6.17. The highest BCUT2D eigenvalue weighted by atomic mass is 19.3. The fraction of sp³-hybridized carbons (Fsp3) is 0.462. The maximum absolute atomic E-state index is 12.3. The number of carbonyl (C=O) groups is 1. The van der Waals surface area contributed by atoms with Gasteiger partial charge in [-0.1, -0.05) is 6.07 Å². The van der Waals surface area contributed by atoms with Crippen LogP contribution in [0.25, 0.3) is 0 Å². The highest BCUT2D eigenvalue weighted by molar-refractivity contribution is 5.77. The summed E-state index contributed by atoms with van der Waals surface area (Å²) in [5, 5.41) is 0. The van der Waals surface area contributed by atoms with E-state index in [-0.39, 0.29) is 18.0 Å². The maximum atomic E-state index is 12.3. The maximum Gasteiger partial charge on any atom is 0.387 e. The van der Waals surface area contributed by atoms with E-state index in [0.717, 1.165) is 0 Å². The number of primary amides is 1. The van der Waals surface area contributed by atoms with E-state index in [9.17, 15) is 13.6 Å². The number of alkyl halides is 2. The molecule has 5 nitrogen and oxygen atoms in total. The van der Waals surface area contributed by atoms with Crippen LogP contribution in [-0.2, 0) is 11.2 Å². The summed E-state index contributed by atoms with van der Waals surface area (Å²) in [6.45, 7) is -0.777. The van der Waals surface area contributed by atoms with Crippen LogP contribution in [0, 0.1) is 5.92 Å². The van der Waals surface area contributed by atoms with Crippen LogP contribution in [0.4, 0.5) is 8.78 Å². The zero-order valence-corrected chi connectivity index (χ0v) is 11.1. The summed E-state index contributed by atoms with van der Waals surface area (Å²) in [5.41, 5.74) is 11.4. The lowest BCUT2D eigenvalue weighted by Crippen LogP contribution is -2.31. The third-order valence-electron chi connectivity index (χ3n) is 2.69. The molecule has 4 N–H and O–H groups in total. The van der Waals surface area contributed by atoms with Crippen molar-refractivity contribution < 1.29 is 23.0 Å². The van der Waals surface area contributed by atoms with Crippen molar-refractivity contribution in [1.29, 1.82) is 0 Å². The lowest BCUT2D eigenvalue weighted by atomic mass is 9.98. The van der Waals surface area contributed by atoms with Gasteiger partial charge in [-0.15, -0.1) is 0 Å². The molecular formula is C13H18F2N2O3. The van der Waals surface area contributed by atoms with Gasteiger partial charge in [-0.05, 0) is 31.0 Å². The van der Waals surface area contributed by atoms with Crippen LogP contribution in [0.5, 0.6) is 11.5 Å². The summed E-state index contributed by atoms with van der Waals surface area (Å²) in [6, 6.07) is 4.50. The Labute approximate surface area is 115 Å². The zero-order valence-electron chi connectivity index (χ0n) is 11.1. The normalized spacial score (nSPS) is 12.2. The van der Waals surface area contributed by atoms with E-state index in [2.05, 4.69) is 4.74 Å². The van der Waals surface area contributed by atoms with Gasteiger partial charge in [0.1, 0.15) is 0 Å². The first-order chi connectivity index (χ1) is 9.47. The average molecular weight is 288 g/mol. The molecule has 0 aliphatic rings. The van der Waals surface area contributed by atoms with E-state index in [1.165, 1.54) is 6.07 Å². The molecule has 0 aliphatic carbocycles. The lowest BCUT2D eigenvalue weighted by Gasteiger charge is -2.15. The summed E-state index contributed by atoms with van der Waals surface area (Å²) < 4.78 is 34.1. The molecule has 0 bridgehead atoms. The second-order valence-electron chi connectivity index (χ2n) is 4.13. The van der Waals surface area contributed by atoms with Crippen molar-refractivity contribution in [2.24, 2.45) is 17.4 Å². The summed E-state index contributed by atoms with van der Waals surface area (Å²) in [6.07, 6.45) is 0.320. The Balaban J connectivity index is 2.94. The van der Waals surface area contributed by atoms with Crippen molar-refractivity contribution in [2.45, 2.75) is 20.0 Å². The topological polar surface area (TPSA) is 87.6 Å². The van der Waals surface area contributed by atoms with Gasteiger partial charge in [-0.2, -0.15) is 8.78 Å². The number of carbonyl (C=O) groups excluding carboxylic acids is 1. The van der Waals surface area contributed by atoms with Gasteiger partial charge in [-0.3, -0.25) is 4.79 Å². The predicted octanol–water partition coefficient (Wildman–Crippen LogP) is 1.29. The smallest absolute Gasteiger partial charge is 0.387 e. The van der Waals surface area contributed by atoms with Crippen molar-refractivity contribution in [2.75, 3.05) is 13.2 Å². The van der Waals surface area contributed by atoms with Crippen LogP contribution >= 0.6 is 0 Å². The molecule has 0 aliphatic heterocycles. The first-order valence-corrected chi connectivity index (χ1v) is 6.17. The van der Waals surface area contributed by atoms with Crippen molar-refractivity contribution in [3.05, 3.63) is 23.8 Å². The number of hydrogen-bond acceptors (Lipinski definition) is 4. The molecule has 0 heterocycles. The van der Waals surface area contributed by atoms with Gasteiger partial charge >= 0.3 is 6.61 Å². The summed E-state index contributed by atoms with van der Waals surface area (Å²) in [5.74, 6) is -0.857. The number of nitrogens with two attached hydrogens (primary N) is 2. The fourth-order valence-corrected chi connectivity index (χ4v) is 1.73. The summed E-state index contributed by atoms with van der Waals surface area (Å²) >= 11 is 0. The molecule has 1 rings (SSSR count). The molecule has 1 aromatic carbocycles. The molecule has 0 saturated heterocycles. The summed E-state index contributed by atoms with van der Waals surface area (Å²) in [7, 11) is 0. The second-order valence-corrected chi connectivity index (χ2v) is 4.13. The number of ether oxygens (including phenoxy) is 2. The zero-order chi connectivity index (χ0) is 15.1. The van der Waals surface area contributed by atoms with Crippen LogP contribution in [0.3, 0.4) is 0 Å². The Bertz CT molecular complexity index is 455. The standard InChI is InChI=1S/C13H18F2N2O3/c1-2-19-11-6-8(5-9(7-16)12(17)18)3-4-10(11)20-13(14)15/h3-4,6,9,13H,2,5,7,16H2,1H3,(H2,17,18). The van der Waals surface area contributed by atoms with Crippen molar-refractivity contribution in [3.8, 4) is 11.5 Å². The number of rotatable bonds is 8. The predicted molar refractivity (Wildman–Crippen MR) is 69.7 cm³/mol. The molecule has 0 fully saturated rings. The number of hydrogen-bond donors (Lipinski definition) is 2. The van der Waals surface area contributed by atoms with E-state index in [1.54, 1.807) is 19.1 Å². The number of amides is 1. The number of halogens is 2. The monoisotopic (exact) mass is 288 g/mol. The van der Waals surface area contributed by atoms with Crippen molar-refractivity contribution in [1.82, 2.24) is 0 Å². The van der Waals surface area contributed by atoms with Gasteiger partial charge in [0.15, 0.2) is 11.5 Å². The molecule has 0 saturated carbocycles. The number of benzene rings is 1. The lowest BCUT2D eigenvalue weighted by molar-refractivity contribution is -0.121. The average Bonchev–Trinajstić information content (AvgIpc) is 2.38. The SMILES string of the molecule is CCOc1cc(CC(CN)C(N)=O)ccc1OC(F)F. The van der Waals surface area contributed by atoms with Crippen LogP contribution in [0.1, 0.15) is 12.5 Å². The molecule has 1 atom stereocenters. The highest BCUT2D eigenvalue weighted by Gasteiger charge is 2.16. The van der Waals surface area contributed by atoms with Gasteiger partial charge in [-0.25, -0.2) is 0 Å². The minimum absolute atomic E-state index is 0.0472. The molecule has 1 unspecified atom stereocenters. The van der Waals surface area contributed by atoms with Crippen LogP contribution in [0.15, 0.2) is 18.2 Å². The Morgan fingerprint density at radius 3 is 2.55 bits per heavy atom. The molecule has 20 heavy (non-hydrogen) atoms. The Morgan fingerprint density at radius 1 is 1.35 bits per heavy atom. The van der Waals surface area contributed by atoms with Gasteiger partial charge in [0, 0.05) is 6.54 Å². The molecule has 0 aromatic heterocycles. The minimum atomic E-state index is -2.93. The fourth-order valence-electron chi connectivity index (χ4n) is 1.73. The molecule has 1 amide bonds. The third kappa shape index (κ3) is 4.65. The highest BCUT2D eigenvalue weighted by Crippen LogP contribution is 2.30. The van der Waals surface area contributed by atoms with E-state index in [0.29, 0.717) is 18.6 Å².